The number of nitrogens with zero attached hydrogens (tertiary/aromatic N) is 1. The van der Waals surface area contributed by atoms with Crippen molar-refractivity contribution in [3.8, 4) is 0 Å². The maximum Gasteiger partial charge on any atom is 0.371 e. The van der Waals surface area contributed by atoms with Gasteiger partial charge in [0.25, 0.3) is 0 Å². The molecule has 1 saturated heterocycles. The van der Waals surface area contributed by atoms with Gasteiger partial charge in [-0.2, -0.15) is 0 Å². The molecule has 2 amide bonds. The molecule has 5 rings (SSSR count). The highest BCUT2D eigenvalue weighted by Crippen LogP contribution is 2.27. The van der Waals surface area contributed by atoms with Crippen LogP contribution in [0.3, 0.4) is 0 Å². The van der Waals surface area contributed by atoms with Crippen LogP contribution in [0.15, 0.2) is 59.0 Å². The van der Waals surface area contributed by atoms with E-state index >= 15 is 0 Å². The van der Waals surface area contributed by atoms with Crippen molar-refractivity contribution in [3.05, 3.63) is 71.5 Å². The molecule has 2 aliphatic rings. The number of morpholine rings is 1. The first-order valence-electron chi connectivity index (χ1n) is 14.7. The average molecular weight is 579 g/mol. The van der Waals surface area contributed by atoms with Crippen molar-refractivity contribution in [2.75, 3.05) is 39.4 Å². The van der Waals surface area contributed by atoms with Crippen molar-refractivity contribution in [2.45, 2.75) is 57.0 Å². The van der Waals surface area contributed by atoms with Gasteiger partial charge in [0.1, 0.15) is 11.6 Å². The van der Waals surface area contributed by atoms with Gasteiger partial charge < -0.3 is 30.6 Å². The SMILES string of the molecule is Cc1ccc2oc(C(=O)O)cc2c1.NC1(C(=O)N[C@H](Cc2ccccc2)C(=O)NCCCN2CCOCC2)CCCC1. The molecule has 5 N–H and O–H groups in total. The molecule has 1 aromatic heterocycles. The molecule has 10 heteroatoms. The molecule has 2 aromatic carbocycles. The number of carbonyl (C=O) groups is 3. The van der Waals surface area contributed by atoms with E-state index in [4.69, 9.17) is 20.0 Å². The number of hydrogen-bond acceptors (Lipinski definition) is 7. The first-order chi connectivity index (χ1) is 20.2. The van der Waals surface area contributed by atoms with Gasteiger partial charge >= 0.3 is 5.97 Å². The number of nitrogens with two attached hydrogens (primary N) is 1. The smallest absolute Gasteiger partial charge is 0.371 e. The van der Waals surface area contributed by atoms with Crippen molar-refractivity contribution in [1.29, 1.82) is 0 Å². The highest BCUT2D eigenvalue weighted by Gasteiger charge is 2.38. The maximum atomic E-state index is 12.9. The number of fused-ring (bicyclic) bond motifs is 1. The number of rotatable bonds is 10. The number of hydrogen-bond donors (Lipinski definition) is 4. The molecule has 1 aliphatic carbocycles. The van der Waals surface area contributed by atoms with E-state index in [1.54, 1.807) is 6.07 Å². The van der Waals surface area contributed by atoms with Gasteiger partial charge in [0.05, 0.1) is 18.8 Å². The summed E-state index contributed by atoms with van der Waals surface area (Å²) in [6, 6.07) is 16.2. The number of amides is 2. The van der Waals surface area contributed by atoms with Crippen LogP contribution in [0.25, 0.3) is 11.0 Å². The number of carboxylic acid groups (broad SMARTS) is 1. The third-order valence-corrected chi connectivity index (χ3v) is 7.79. The summed E-state index contributed by atoms with van der Waals surface area (Å²) in [5.41, 5.74) is 8.16. The van der Waals surface area contributed by atoms with Crippen LogP contribution >= 0.6 is 0 Å². The van der Waals surface area contributed by atoms with Gasteiger partial charge in [0.2, 0.25) is 17.6 Å². The first-order valence-corrected chi connectivity index (χ1v) is 14.7. The zero-order chi connectivity index (χ0) is 30.0. The standard InChI is InChI=1S/C22H34N4O3.C10H8O3/c23-22(9-4-5-10-22)21(28)25-19(17-18-7-2-1-3-8-18)20(27)24-11-6-12-26-13-15-29-16-14-26;1-6-2-3-8-7(4-6)5-9(13-8)10(11)12/h1-3,7-8,19H,4-6,9-17,23H2,(H,24,27)(H,25,28);2-5H,1H3,(H,11,12)/t19-;/m1./s1. The van der Waals surface area contributed by atoms with Crippen molar-refractivity contribution >= 4 is 28.8 Å². The largest absolute Gasteiger partial charge is 0.475 e. The number of furan rings is 1. The number of carbonyl (C=O) groups excluding carboxylic acids is 2. The van der Waals surface area contributed by atoms with Gasteiger partial charge in [-0.15, -0.1) is 0 Å². The number of ether oxygens (including phenoxy) is 1. The molecule has 2 fully saturated rings. The van der Waals surface area contributed by atoms with Crippen LogP contribution < -0.4 is 16.4 Å². The monoisotopic (exact) mass is 578 g/mol. The lowest BCUT2D eigenvalue weighted by molar-refractivity contribution is -0.131. The topological polar surface area (TPSA) is 147 Å². The van der Waals surface area contributed by atoms with Gasteiger partial charge in [0.15, 0.2) is 0 Å². The molecule has 0 spiro atoms. The predicted molar refractivity (Wildman–Crippen MR) is 160 cm³/mol. The van der Waals surface area contributed by atoms with Gasteiger partial charge in [-0.25, -0.2) is 4.79 Å². The van der Waals surface area contributed by atoms with E-state index in [1.807, 2.05) is 49.4 Å². The molecule has 10 nitrogen and oxygen atoms in total. The van der Waals surface area contributed by atoms with E-state index < -0.39 is 17.6 Å². The summed E-state index contributed by atoms with van der Waals surface area (Å²) in [6.45, 7) is 6.92. The highest BCUT2D eigenvalue weighted by molar-refractivity contribution is 5.92. The van der Waals surface area contributed by atoms with Crippen LogP contribution in [-0.4, -0.2) is 78.8 Å². The van der Waals surface area contributed by atoms with Crippen molar-refractivity contribution < 1.29 is 28.6 Å². The van der Waals surface area contributed by atoms with Crippen molar-refractivity contribution in [3.63, 3.8) is 0 Å². The fourth-order valence-electron chi connectivity index (χ4n) is 5.32. The lowest BCUT2D eigenvalue weighted by Crippen LogP contribution is -2.58. The Bertz CT molecular complexity index is 1330. The Balaban J connectivity index is 0.000000258. The second kappa shape index (κ2) is 14.9. The second-order valence-corrected chi connectivity index (χ2v) is 11.1. The van der Waals surface area contributed by atoms with Crippen LogP contribution in [0.1, 0.15) is 53.8 Å². The minimum atomic E-state index is -1.03. The van der Waals surface area contributed by atoms with Crippen LogP contribution in [0.5, 0.6) is 0 Å². The Morgan fingerprint density at radius 2 is 1.76 bits per heavy atom. The van der Waals surface area contributed by atoms with Crippen molar-refractivity contribution in [2.24, 2.45) is 5.73 Å². The van der Waals surface area contributed by atoms with Gasteiger partial charge in [-0.1, -0.05) is 54.8 Å². The number of benzene rings is 2. The Labute approximate surface area is 246 Å². The minimum absolute atomic E-state index is 0.0133. The zero-order valence-electron chi connectivity index (χ0n) is 24.3. The van der Waals surface area contributed by atoms with Gasteiger partial charge in [-0.3, -0.25) is 14.5 Å². The molecule has 1 saturated carbocycles. The van der Waals surface area contributed by atoms with Crippen molar-refractivity contribution in [1.82, 2.24) is 15.5 Å². The molecule has 0 unspecified atom stereocenters. The first kappa shape index (κ1) is 31.2. The fourth-order valence-corrected chi connectivity index (χ4v) is 5.32. The highest BCUT2D eigenvalue weighted by atomic mass is 16.5. The molecule has 3 aromatic rings. The zero-order valence-corrected chi connectivity index (χ0v) is 24.3. The number of aromatic carboxylic acids is 1. The third kappa shape index (κ3) is 8.88. The third-order valence-electron chi connectivity index (χ3n) is 7.79. The lowest BCUT2D eigenvalue weighted by Gasteiger charge is -2.27. The summed E-state index contributed by atoms with van der Waals surface area (Å²) in [6.07, 6.45) is 4.61. The molecule has 0 radical (unpaired) electrons. The van der Waals surface area contributed by atoms with E-state index in [9.17, 15) is 14.4 Å². The molecular formula is C32H42N4O6. The van der Waals surface area contributed by atoms with Crippen LogP contribution in [-0.2, 0) is 20.7 Å². The summed E-state index contributed by atoms with van der Waals surface area (Å²) < 4.78 is 10.4. The predicted octanol–water partition coefficient (Wildman–Crippen LogP) is 3.26. The van der Waals surface area contributed by atoms with Gasteiger partial charge in [0, 0.05) is 31.4 Å². The van der Waals surface area contributed by atoms with E-state index in [2.05, 4.69) is 15.5 Å². The molecule has 42 heavy (non-hydrogen) atoms. The summed E-state index contributed by atoms with van der Waals surface area (Å²) >= 11 is 0. The van der Waals surface area contributed by atoms with E-state index in [0.717, 1.165) is 68.6 Å². The Hall–Kier alpha value is -3.73. The summed E-state index contributed by atoms with van der Waals surface area (Å²) in [5, 5.41) is 15.4. The number of aryl methyl sites for hydroxylation is 1. The van der Waals surface area contributed by atoms with Crippen LogP contribution in [0.4, 0.5) is 0 Å². The average Bonchev–Trinajstić information content (AvgIpc) is 3.63. The molecular weight excluding hydrogens is 536 g/mol. The summed E-state index contributed by atoms with van der Waals surface area (Å²) in [5.74, 6) is -1.40. The normalized spacial score (nSPS) is 17.2. The Morgan fingerprint density at radius 1 is 1.05 bits per heavy atom. The molecule has 0 bridgehead atoms. The molecule has 1 aliphatic heterocycles. The fraction of sp³-hybridized carbons (Fsp3) is 0.469. The van der Waals surface area contributed by atoms with Crippen LogP contribution in [0.2, 0.25) is 0 Å². The quantitative estimate of drug-likeness (QED) is 0.268. The molecule has 1 atom stereocenters. The number of carboxylic acids is 1. The summed E-state index contributed by atoms with van der Waals surface area (Å²) in [7, 11) is 0. The summed E-state index contributed by atoms with van der Waals surface area (Å²) in [4.78, 5) is 38.5. The van der Waals surface area contributed by atoms with E-state index in [0.29, 0.717) is 31.4 Å². The van der Waals surface area contributed by atoms with Crippen LogP contribution in [0, 0.1) is 6.92 Å². The Morgan fingerprint density at radius 3 is 2.45 bits per heavy atom. The molecule has 226 valence electrons. The second-order valence-electron chi connectivity index (χ2n) is 11.1. The minimum Gasteiger partial charge on any atom is -0.475 e. The maximum absolute atomic E-state index is 12.9. The van der Waals surface area contributed by atoms with E-state index in [-0.39, 0.29) is 17.6 Å². The van der Waals surface area contributed by atoms with Gasteiger partial charge in [-0.05, 0) is 56.5 Å². The lowest BCUT2D eigenvalue weighted by atomic mass is 9.96. The Kier molecular flexibility index (Phi) is 11.1. The molecule has 2 heterocycles. The number of nitrogens with one attached hydrogen (secondary N) is 2. The van der Waals surface area contributed by atoms with E-state index in [1.165, 1.54) is 6.07 Å².